The normalized spacial score (nSPS) is 10.7. The van der Waals surface area contributed by atoms with Gasteiger partial charge >= 0.3 is 0 Å². The second-order valence-corrected chi connectivity index (χ2v) is 4.81. The topological polar surface area (TPSA) is 21.7 Å². The standard InChI is InChI=1S/C13H19BrClNO2/c1-17-8-6-16(7-9-18-2)13-5-3-4-12(15)11(13)10-14/h3-5H,6-10H2,1-2H3. The number of hydrogen-bond donors (Lipinski definition) is 0. The minimum absolute atomic E-state index is 0.679. The van der Waals surface area contributed by atoms with Crippen molar-refractivity contribution in [3.63, 3.8) is 0 Å². The lowest BCUT2D eigenvalue weighted by molar-refractivity contribution is 0.190. The molecule has 0 spiro atoms. The maximum Gasteiger partial charge on any atom is 0.0637 e. The summed E-state index contributed by atoms with van der Waals surface area (Å²) >= 11 is 9.71. The van der Waals surface area contributed by atoms with Crippen molar-refractivity contribution in [1.29, 1.82) is 0 Å². The van der Waals surface area contributed by atoms with Gasteiger partial charge in [0, 0.05) is 48.9 Å². The van der Waals surface area contributed by atoms with Crippen LogP contribution in [0.15, 0.2) is 18.2 Å². The van der Waals surface area contributed by atoms with E-state index in [1.807, 2.05) is 12.1 Å². The van der Waals surface area contributed by atoms with Crippen LogP contribution < -0.4 is 4.90 Å². The minimum Gasteiger partial charge on any atom is -0.383 e. The van der Waals surface area contributed by atoms with Crippen LogP contribution in [0.5, 0.6) is 0 Å². The third kappa shape index (κ3) is 4.43. The summed E-state index contributed by atoms with van der Waals surface area (Å²) in [5.41, 5.74) is 2.24. The van der Waals surface area contributed by atoms with Crippen LogP contribution in [-0.2, 0) is 14.8 Å². The predicted molar refractivity (Wildman–Crippen MR) is 80.0 cm³/mol. The summed E-state index contributed by atoms with van der Waals surface area (Å²) in [7, 11) is 3.41. The lowest BCUT2D eigenvalue weighted by Crippen LogP contribution is -2.31. The Morgan fingerprint density at radius 3 is 2.28 bits per heavy atom. The van der Waals surface area contributed by atoms with E-state index < -0.39 is 0 Å². The largest absolute Gasteiger partial charge is 0.383 e. The van der Waals surface area contributed by atoms with Crippen molar-refractivity contribution in [2.24, 2.45) is 0 Å². The molecule has 102 valence electrons. The summed E-state index contributed by atoms with van der Waals surface area (Å²) in [5, 5.41) is 1.52. The van der Waals surface area contributed by atoms with E-state index in [2.05, 4.69) is 26.9 Å². The molecular weight excluding hydrogens is 318 g/mol. The molecule has 5 heteroatoms. The third-order valence-corrected chi connectivity index (χ3v) is 3.61. The van der Waals surface area contributed by atoms with Crippen molar-refractivity contribution >= 4 is 33.2 Å². The molecule has 0 saturated heterocycles. The highest BCUT2D eigenvalue weighted by atomic mass is 79.9. The summed E-state index contributed by atoms with van der Waals surface area (Å²) in [6, 6.07) is 5.96. The van der Waals surface area contributed by atoms with Crippen LogP contribution in [0, 0.1) is 0 Å². The van der Waals surface area contributed by atoms with Gasteiger partial charge in [0.25, 0.3) is 0 Å². The molecule has 1 rings (SSSR count). The Hall–Kier alpha value is -0.290. The SMILES string of the molecule is COCCN(CCOC)c1cccc(Cl)c1CBr. The molecule has 0 saturated carbocycles. The summed E-state index contributed by atoms with van der Waals surface area (Å²) < 4.78 is 10.3. The van der Waals surface area contributed by atoms with Crippen LogP contribution in [0.4, 0.5) is 5.69 Å². The fraction of sp³-hybridized carbons (Fsp3) is 0.538. The van der Waals surface area contributed by atoms with Crippen molar-refractivity contribution in [2.75, 3.05) is 45.4 Å². The number of benzene rings is 1. The van der Waals surface area contributed by atoms with Crippen molar-refractivity contribution in [3.05, 3.63) is 28.8 Å². The van der Waals surface area contributed by atoms with Crippen molar-refractivity contribution < 1.29 is 9.47 Å². The average molecular weight is 337 g/mol. The Morgan fingerprint density at radius 2 is 1.78 bits per heavy atom. The first-order valence-corrected chi connectivity index (χ1v) is 7.30. The van der Waals surface area contributed by atoms with Gasteiger partial charge in [-0.3, -0.25) is 0 Å². The first-order chi connectivity index (χ1) is 8.74. The number of ether oxygens (including phenoxy) is 2. The second-order valence-electron chi connectivity index (χ2n) is 3.84. The first-order valence-electron chi connectivity index (χ1n) is 5.80. The van der Waals surface area contributed by atoms with Crippen molar-refractivity contribution in [1.82, 2.24) is 0 Å². The molecule has 0 unspecified atom stereocenters. The molecule has 1 aromatic carbocycles. The molecule has 1 aromatic rings. The van der Waals surface area contributed by atoms with Gasteiger partial charge in [-0.2, -0.15) is 0 Å². The van der Waals surface area contributed by atoms with E-state index in [4.69, 9.17) is 21.1 Å². The maximum atomic E-state index is 6.22. The van der Waals surface area contributed by atoms with Crippen LogP contribution in [0.25, 0.3) is 0 Å². The van der Waals surface area contributed by atoms with Gasteiger partial charge < -0.3 is 14.4 Å². The fourth-order valence-corrected chi connectivity index (χ4v) is 2.72. The van der Waals surface area contributed by atoms with E-state index in [9.17, 15) is 0 Å². The molecule has 0 aliphatic carbocycles. The lowest BCUT2D eigenvalue weighted by atomic mass is 10.2. The number of hydrogen-bond acceptors (Lipinski definition) is 3. The Morgan fingerprint density at radius 1 is 1.17 bits per heavy atom. The molecule has 0 heterocycles. The molecule has 0 fully saturated rings. The van der Waals surface area contributed by atoms with E-state index in [0.29, 0.717) is 13.2 Å². The molecule has 0 radical (unpaired) electrons. The number of rotatable bonds is 8. The van der Waals surface area contributed by atoms with Crippen LogP contribution in [0.2, 0.25) is 5.02 Å². The number of alkyl halides is 1. The van der Waals surface area contributed by atoms with E-state index in [0.717, 1.165) is 34.7 Å². The third-order valence-electron chi connectivity index (χ3n) is 2.70. The quantitative estimate of drug-likeness (QED) is 0.680. The van der Waals surface area contributed by atoms with E-state index >= 15 is 0 Å². The first kappa shape index (κ1) is 15.8. The van der Waals surface area contributed by atoms with Crippen LogP contribution in [0.3, 0.4) is 0 Å². The zero-order chi connectivity index (χ0) is 13.4. The number of methoxy groups -OCH3 is 2. The smallest absolute Gasteiger partial charge is 0.0637 e. The van der Waals surface area contributed by atoms with Crippen LogP contribution in [0.1, 0.15) is 5.56 Å². The number of halogens is 2. The second kappa shape index (κ2) is 8.75. The van der Waals surface area contributed by atoms with Gasteiger partial charge in [-0.1, -0.05) is 33.6 Å². The maximum absolute atomic E-state index is 6.22. The fourth-order valence-electron chi connectivity index (χ4n) is 1.73. The van der Waals surface area contributed by atoms with Gasteiger partial charge in [0.05, 0.1) is 13.2 Å². The van der Waals surface area contributed by atoms with Crippen LogP contribution >= 0.6 is 27.5 Å². The minimum atomic E-state index is 0.679. The van der Waals surface area contributed by atoms with Gasteiger partial charge in [0.1, 0.15) is 0 Å². The zero-order valence-electron chi connectivity index (χ0n) is 10.8. The molecule has 0 atom stereocenters. The van der Waals surface area contributed by atoms with Gasteiger partial charge in [0.15, 0.2) is 0 Å². The van der Waals surface area contributed by atoms with Crippen LogP contribution in [-0.4, -0.2) is 40.5 Å². The molecule has 0 N–H and O–H groups in total. The highest BCUT2D eigenvalue weighted by Gasteiger charge is 2.12. The monoisotopic (exact) mass is 335 g/mol. The molecule has 3 nitrogen and oxygen atoms in total. The van der Waals surface area contributed by atoms with E-state index in [1.54, 1.807) is 14.2 Å². The molecule has 0 amide bonds. The average Bonchev–Trinajstić information content (AvgIpc) is 2.39. The lowest BCUT2D eigenvalue weighted by Gasteiger charge is -2.26. The van der Waals surface area contributed by atoms with Gasteiger partial charge in [-0.25, -0.2) is 0 Å². The Kier molecular flexibility index (Phi) is 7.66. The Balaban J connectivity index is 2.91. The summed E-state index contributed by atoms with van der Waals surface area (Å²) in [4.78, 5) is 2.23. The molecular formula is C13H19BrClNO2. The van der Waals surface area contributed by atoms with Crippen molar-refractivity contribution in [2.45, 2.75) is 5.33 Å². The molecule has 0 aliphatic rings. The molecule has 18 heavy (non-hydrogen) atoms. The summed E-state index contributed by atoms with van der Waals surface area (Å²) in [6.45, 7) is 3.00. The number of nitrogens with zero attached hydrogens (tertiary/aromatic N) is 1. The van der Waals surface area contributed by atoms with Crippen molar-refractivity contribution in [3.8, 4) is 0 Å². The van der Waals surface area contributed by atoms with Gasteiger partial charge in [-0.15, -0.1) is 0 Å². The van der Waals surface area contributed by atoms with E-state index in [1.165, 1.54) is 0 Å². The molecule has 0 aliphatic heterocycles. The Labute approximate surface area is 122 Å². The highest BCUT2D eigenvalue weighted by Crippen LogP contribution is 2.29. The summed E-state index contributed by atoms with van der Waals surface area (Å²) in [5.74, 6) is 0. The van der Waals surface area contributed by atoms with Gasteiger partial charge in [0.2, 0.25) is 0 Å². The predicted octanol–water partition coefficient (Wildman–Crippen LogP) is 3.33. The molecule has 0 aromatic heterocycles. The number of anilines is 1. The highest BCUT2D eigenvalue weighted by molar-refractivity contribution is 9.08. The summed E-state index contributed by atoms with van der Waals surface area (Å²) in [6.07, 6.45) is 0. The van der Waals surface area contributed by atoms with Gasteiger partial charge in [-0.05, 0) is 12.1 Å². The zero-order valence-corrected chi connectivity index (χ0v) is 13.1. The molecule has 0 bridgehead atoms. The Bertz CT molecular complexity index is 355. The van der Waals surface area contributed by atoms with E-state index in [-0.39, 0.29) is 0 Å².